The number of benzene rings is 2. The van der Waals surface area contributed by atoms with Crippen molar-refractivity contribution >= 4 is 21.7 Å². The second-order valence-electron chi connectivity index (χ2n) is 9.92. The number of hydrogen-bond acceptors (Lipinski definition) is 6. The number of H-pyrrole nitrogens is 1. The molecule has 2 atom stereocenters. The number of rotatable bonds is 11. The molecule has 1 aromatic heterocycles. The van der Waals surface area contributed by atoms with Gasteiger partial charge in [-0.2, -0.15) is 8.42 Å². The highest BCUT2D eigenvalue weighted by Crippen LogP contribution is 2.42. The topological polar surface area (TPSA) is 113 Å². The molecule has 10 heteroatoms. The standard InChI is InChI=1S/C29H34FN3O5S/c1-4-14-29(15-13-20-9-11-22(30)12-10-20)17-25(34)27(28(35)38-29)24(5-2)21-7-6-8-23(16-21)33(3)39(36,37)26-18-31-19-32-26/h6-12,16,18-19,24,34H,4-5,13-15,17H2,1-3H3,(H,31,32). The molecule has 0 saturated carbocycles. The average molecular weight is 556 g/mol. The number of halogens is 1. The van der Waals surface area contributed by atoms with E-state index >= 15 is 0 Å². The molecule has 0 bridgehead atoms. The quantitative estimate of drug-likeness (QED) is 0.289. The predicted octanol–water partition coefficient (Wildman–Crippen LogP) is 5.80. The van der Waals surface area contributed by atoms with Crippen LogP contribution in [-0.2, 0) is 26.0 Å². The summed E-state index contributed by atoms with van der Waals surface area (Å²) >= 11 is 0. The number of cyclic esters (lactones) is 1. The fourth-order valence-electron chi connectivity index (χ4n) is 5.24. The van der Waals surface area contributed by atoms with Crippen LogP contribution in [-0.4, -0.2) is 42.1 Å². The van der Waals surface area contributed by atoms with Crippen LogP contribution in [0.15, 0.2) is 77.4 Å². The Kier molecular flexibility index (Phi) is 8.44. The third-order valence-corrected chi connectivity index (χ3v) is 8.99. The van der Waals surface area contributed by atoms with Crippen molar-refractivity contribution in [3.8, 4) is 0 Å². The van der Waals surface area contributed by atoms with Crippen LogP contribution < -0.4 is 4.31 Å². The first-order chi connectivity index (χ1) is 18.6. The highest BCUT2D eigenvalue weighted by Gasteiger charge is 2.43. The van der Waals surface area contributed by atoms with Gasteiger partial charge >= 0.3 is 5.97 Å². The van der Waals surface area contributed by atoms with Crippen molar-refractivity contribution in [2.24, 2.45) is 0 Å². The Morgan fingerprint density at radius 2 is 1.92 bits per heavy atom. The summed E-state index contributed by atoms with van der Waals surface area (Å²) in [5.41, 5.74) is 1.35. The number of carbonyl (C=O) groups is 1. The summed E-state index contributed by atoms with van der Waals surface area (Å²) in [7, 11) is -2.44. The monoisotopic (exact) mass is 555 g/mol. The minimum Gasteiger partial charge on any atom is -0.512 e. The molecule has 2 heterocycles. The number of aromatic nitrogens is 2. The van der Waals surface area contributed by atoms with Gasteiger partial charge in [0.05, 0.1) is 17.6 Å². The van der Waals surface area contributed by atoms with E-state index in [1.54, 1.807) is 30.3 Å². The number of hydrogen-bond donors (Lipinski definition) is 2. The predicted molar refractivity (Wildman–Crippen MR) is 146 cm³/mol. The fourth-order valence-corrected chi connectivity index (χ4v) is 6.32. The van der Waals surface area contributed by atoms with Gasteiger partial charge < -0.3 is 14.8 Å². The van der Waals surface area contributed by atoms with Gasteiger partial charge in [0.2, 0.25) is 0 Å². The van der Waals surface area contributed by atoms with E-state index in [1.807, 2.05) is 19.9 Å². The molecule has 0 radical (unpaired) electrons. The lowest BCUT2D eigenvalue weighted by molar-refractivity contribution is -0.161. The molecule has 0 amide bonds. The lowest BCUT2D eigenvalue weighted by Gasteiger charge is -2.39. The van der Waals surface area contributed by atoms with Crippen LogP contribution in [0, 0.1) is 5.82 Å². The van der Waals surface area contributed by atoms with Gasteiger partial charge in [-0.15, -0.1) is 0 Å². The lowest BCUT2D eigenvalue weighted by atomic mass is 9.80. The molecule has 2 unspecified atom stereocenters. The molecule has 4 rings (SSSR count). The molecule has 2 aromatic carbocycles. The Morgan fingerprint density at radius 1 is 1.18 bits per heavy atom. The average Bonchev–Trinajstić information content (AvgIpc) is 3.46. The van der Waals surface area contributed by atoms with E-state index in [1.165, 1.54) is 31.7 Å². The number of imidazole rings is 1. The maximum Gasteiger partial charge on any atom is 0.338 e. The maximum absolute atomic E-state index is 13.5. The third-order valence-electron chi connectivity index (χ3n) is 7.31. The molecule has 208 valence electrons. The zero-order valence-electron chi connectivity index (χ0n) is 22.4. The second-order valence-corrected chi connectivity index (χ2v) is 11.8. The van der Waals surface area contributed by atoms with Crippen LogP contribution in [0.3, 0.4) is 0 Å². The van der Waals surface area contributed by atoms with Crippen molar-refractivity contribution in [3.05, 3.63) is 89.3 Å². The zero-order valence-corrected chi connectivity index (χ0v) is 23.2. The van der Waals surface area contributed by atoms with E-state index in [0.29, 0.717) is 36.9 Å². The van der Waals surface area contributed by atoms with Crippen molar-refractivity contribution in [3.63, 3.8) is 0 Å². The molecular formula is C29H34FN3O5S. The van der Waals surface area contributed by atoms with Crippen molar-refractivity contribution < 1.29 is 27.4 Å². The molecule has 1 aliphatic rings. The van der Waals surface area contributed by atoms with Crippen LogP contribution in [0.4, 0.5) is 10.1 Å². The number of carbonyl (C=O) groups excluding carboxylic acids is 1. The summed E-state index contributed by atoms with van der Waals surface area (Å²) in [5, 5.41) is 11.1. The molecule has 1 aliphatic heterocycles. The number of sulfonamides is 1. The number of nitrogens with one attached hydrogen (secondary N) is 1. The fraction of sp³-hybridized carbons (Fsp3) is 0.379. The summed E-state index contributed by atoms with van der Waals surface area (Å²) in [4.78, 5) is 20.0. The Hall–Kier alpha value is -3.66. The van der Waals surface area contributed by atoms with E-state index in [0.717, 1.165) is 16.3 Å². The van der Waals surface area contributed by atoms with Gasteiger partial charge in [0, 0.05) is 25.6 Å². The van der Waals surface area contributed by atoms with Crippen LogP contribution in [0.5, 0.6) is 0 Å². The van der Waals surface area contributed by atoms with E-state index in [4.69, 9.17) is 4.74 Å². The van der Waals surface area contributed by atoms with Gasteiger partial charge in [0.1, 0.15) is 17.2 Å². The van der Waals surface area contributed by atoms with Gasteiger partial charge in [-0.3, -0.25) is 4.31 Å². The molecule has 8 nitrogen and oxygen atoms in total. The molecule has 3 aromatic rings. The largest absolute Gasteiger partial charge is 0.512 e. The Morgan fingerprint density at radius 3 is 2.54 bits per heavy atom. The van der Waals surface area contributed by atoms with E-state index in [9.17, 15) is 22.7 Å². The number of anilines is 1. The number of ether oxygens (including phenoxy) is 1. The summed E-state index contributed by atoms with van der Waals surface area (Å²) < 4.78 is 46.5. The first-order valence-electron chi connectivity index (χ1n) is 13.1. The third kappa shape index (κ3) is 6.00. The molecule has 0 fully saturated rings. The van der Waals surface area contributed by atoms with Gasteiger partial charge in [-0.1, -0.05) is 44.5 Å². The van der Waals surface area contributed by atoms with Gasteiger partial charge in [-0.25, -0.2) is 14.2 Å². The first kappa shape index (κ1) is 28.4. The number of aliphatic hydroxyl groups is 1. The normalized spacial score (nSPS) is 18.6. The number of esters is 1. The summed E-state index contributed by atoms with van der Waals surface area (Å²) in [6, 6.07) is 13.1. The second kappa shape index (κ2) is 11.6. The zero-order chi connectivity index (χ0) is 28.2. The summed E-state index contributed by atoms with van der Waals surface area (Å²) in [6.45, 7) is 3.90. The molecule has 0 aliphatic carbocycles. The number of aromatic amines is 1. The SMILES string of the molecule is CCCC1(CCc2ccc(F)cc2)CC(O)=C(C(CC)c2cccc(N(C)S(=O)(=O)c3c[nH]cn3)c2)C(=O)O1. The van der Waals surface area contributed by atoms with E-state index in [2.05, 4.69) is 9.97 Å². The number of aryl methyl sites for hydroxylation is 1. The summed E-state index contributed by atoms with van der Waals surface area (Å²) in [6.07, 6.45) is 5.70. The van der Waals surface area contributed by atoms with Crippen LogP contribution in [0.2, 0.25) is 0 Å². The Bertz CT molecular complexity index is 1440. The molecule has 0 spiro atoms. The minimum atomic E-state index is -3.88. The highest BCUT2D eigenvalue weighted by atomic mass is 32.2. The van der Waals surface area contributed by atoms with Crippen molar-refractivity contribution in [2.75, 3.05) is 11.4 Å². The molecular weight excluding hydrogens is 521 g/mol. The lowest BCUT2D eigenvalue weighted by Crippen LogP contribution is -2.41. The van der Waals surface area contributed by atoms with Crippen LogP contribution >= 0.6 is 0 Å². The van der Waals surface area contributed by atoms with Crippen molar-refractivity contribution in [1.82, 2.24) is 9.97 Å². The smallest absolute Gasteiger partial charge is 0.338 e. The highest BCUT2D eigenvalue weighted by molar-refractivity contribution is 7.92. The number of aliphatic hydroxyl groups excluding tert-OH is 1. The number of nitrogens with zero attached hydrogens (tertiary/aromatic N) is 2. The van der Waals surface area contributed by atoms with Gasteiger partial charge in [-0.05, 0) is 61.1 Å². The molecule has 39 heavy (non-hydrogen) atoms. The van der Waals surface area contributed by atoms with E-state index in [-0.39, 0.29) is 28.6 Å². The Labute approximate surface area is 228 Å². The maximum atomic E-state index is 13.5. The molecule has 2 N–H and O–H groups in total. The minimum absolute atomic E-state index is 0.00596. The van der Waals surface area contributed by atoms with Crippen LogP contribution in [0.1, 0.15) is 63.0 Å². The molecule has 0 saturated heterocycles. The van der Waals surface area contributed by atoms with Crippen molar-refractivity contribution in [1.29, 1.82) is 0 Å². The Balaban J connectivity index is 1.61. The van der Waals surface area contributed by atoms with Crippen LogP contribution in [0.25, 0.3) is 0 Å². The van der Waals surface area contributed by atoms with Gasteiger partial charge in [0.15, 0.2) is 5.03 Å². The first-order valence-corrected chi connectivity index (χ1v) is 14.5. The summed E-state index contributed by atoms with van der Waals surface area (Å²) in [5.74, 6) is -1.37. The van der Waals surface area contributed by atoms with Gasteiger partial charge in [0.25, 0.3) is 10.0 Å². The van der Waals surface area contributed by atoms with Crippen molar-refractivity contribution in [2.45, 2.75) is 68.9 Å². The van der Waals surface area contributed by atoms with E-state index < -0.39 is 27.5 Å².